The number of nitrogens with zero attached hydrogens (tertiary/aromatic N) is 1. The summed E-state index contributed by atoms with van der Waals surface area (Å²) in [7, 11) is 0. The van der Waals surface area contributed by atoms with Crippen LogP contribution in [0.5, 0.6) is 0 Å². The summed E-state index contributed by atoms with van der Waals surface area (Å²) in [5, 5.41) is 7.22. The fraction of sp³-hybridized carbons (Fsp3) is 0.773. The molecule has 3 aliphatic rings. The highest BCUT2D eigenvalue weighted by molar-refractivity contribution is 5.80. The average molecular weight is 390 g/mol. The van der Waals surface area contributed by atoms with Crippen molar-refractivity contribution < 1.29 is 13.9 Å². The van der Waals surface area contributed by atoms with Crippen LogP contribution in [0, 0.1) is 17.8 Å². The first-order valence-corrected chi connectivity index (χ1v) is 11.1. The zero-order chi connectivity index (χ0) is 19.0. The first-order valence-electron chi connectivity index (χ1n) is 11.1. The lowest BCUT2D eigenvalue weighted by molar-refractivity contribution is 0.0893. The Balaban J connectivity index is 1.19. The van der Waals surface area contributed by atoms with Crippen molar-refractivity contribution in [2.24, 2.45) is 22.7 Å². The molecule has 2 heterocycles. The fourth-order valence-corrected chi connectivity index (χ4v) is 4.83. The van der Waals surface area contributed by atoms with E-state index in [0.717, 1.165) is 82.3 Å². The van der Waals surface area contributed by atoms with Gasteiger partial charge >= 0.3 is 0 Å². The van der Waals surface area contributed by atoms with Gasteiger partial charge < -0.3 is 24.5 Å². The molecule has 1 aromatic rings. The Morgan fingerprint density at radius 2 is 2.25 bits per heavy atom. The lowest BCUT2D eigenvalue weighted by atomic mass is 9.95. The van der Waals surface area contributed by atoms with Crippen LogP contribution in [0.1, 0.15) is 44.3 Å². The number of fused-ring (bicyclic) bond motifs is 2. The molecule has 6 nitrogen and oxygen atoms in total. The van der Waals surface area contributed by atoms with Crippen molar-refractivity contribution >= 4 is 5.96 Å². The molecule has 1 saturated heterocycles. The predicted molar refractivity (Wildman–Crippen MR) is 109 cm³/mol. The van der Waals surface area contributed by atoms with E-state index in [0.29, 0.717) is 12.0 Å². The third-order valence-electron chi connectivity index (χ3n) is 6.40. The van der Waals surface area contributed by atoms with Crippen molar-refractivity contribution in [2.75, 3.05) is 39.5 Å². The molecule has 1 aliphatic heterocycles. The summed E-state index contributed by atoms with van der Waals surface area (Å²) in [6, 6.07) is 4.55. The van der Waals surface area contributed by atoms with Crippen molar-refractivity contribution in [1.29, 1.82) is 0 Å². The van der Waals surface area contributed by atoms with Crippen LogP contribution in [-0.4, -0.2) is 51.5 Å². The van der Waals surface area contributed by atoms with Crippen LogP contribution in [0.3, 0.4) is 0 Å². The second kappa shape index (κ2) is 10.3. The van der Waals surface area contributed by atoms with Gasteiger partial charge in [-0.25, -0.2) is 0 Å². The Hall–Kier alpha value is -1.53. The Bertz CT molecular complexity index is 598. The largest absolute Gasteiger partial charge is 0.469 e. The van der Waals surface area contributed by atoms with Gasteiger partial charge in [-0.2, -0.15) is 0 Å². The van der Waals surface area contributed by atoms with Crippen LogP contribution < -0.4 is 10.6 Å². The normalized spacial score (nSPS) is 29.5. The Labute approximate surface area is 168 Å². The van der Waals surface area contributed by atoms with Crippen LogP contribution in [-0.2, 0) is 15.9 Å². The molecule has 0 aromatic carbocycles. The maximum absolute atomic E-state index is 5.80. The van der Waals surface area contributed by atoms with Crippen LogP contribution in [0.25, 0.3) is 0 Å². The highest BCUT2D eigenvalue weighted by atomic mass is 16.5. The first kappa shape index (κ1) is 19.8. The molecular weight excluding hydrogens is 354 g/mol. The Kier molecular flexibility index (Phi) is 7.28. The summed E-state index contributed by atoms with van der Waals surface area (Å²) in [6.07, 6.45) is 10.2. The van der Waals surface area contributed by atoms with Crippen LogP contribution in [0.15, 0.2) is 27.8 Å². The van der Waals surface area contributed by atoms with Crippen molar-refractivity contribution in [3.8, 4) is 0 Å². The van der Waals surface area contributed by atoms with Crippen molar-refractivity contribution in [2.45, 2.75) is 51.0 Å². The number of ether oxygens (including phenoxy) is 2. The molecule has 2 saturated carbocycles. The van der Waals surface area contributed by atoms with Gasteiger partial charge in [0.1, 0.15) is 5.76 Å². The fourth-order valence-electron chi connectivity index (χ4n) is 4.83. The van der Waals surface area contributed by atoms with Gasteiger partial charge in [0.2, 0.25) is 0 Å². The van der Waals surface area contributed by atoms with Gasteiger partial charge in [0, 0.05) is 44.7 Å². The molecule has 0 radical (unpaired) electrons. The highest BCUT2D eigenvalue weighted by Gasteiger charge is 2.39. The third-order valence-corrected chi connectivity index (χ3v) is 6.40. The molecule has 0 spiro atoms. The summed E-state index contributed by atoms with van der Waals surface area (Å²) < 4.78 is 16.6. The number of furan rings is 1. The average Bonchev–Trinajstić information content (AvgIpc) is 3.50. The number of hydrogen-bond donors (Lipinski definition) is 2. The van der Waals surface area contributed by atoms with Crippen LogP contribution in [0.4, 0.5) is 0 Å². The molecule has 2 aliphatic carbocycles. The van der Waals surface area contributed by atoms with Gasteiger partial charge in [0.05, 0.1) is 19.5 Å². The molecule has 28 heavy (non-hydrogen) atoms. The van der Waals surface area contributed by atoms with Crippen LogP contribution in [0.2, 0.25) is 0 Å². The van der Waals surface area contributed by atoms with Crippen molar-refractivity contribution in [3.63, 3.8) is 0 Å². The van der Waals surface area contributed by atoms with E-state index < -0.39 is 0 Å². The molecular formula is C22H35N3O3. The second-order valence-electron chi connectivity index (χ2n) is 8.57. The maximum Gasteiger partial charge on any atom is 0.191 e. The van der Waals surface area contributed by atoms with E-state index in [2.05, 4.69) is 10.6 Å². The second-order valence-corrected chi connectivity index (χ2v) is 8.57. The van der Waals surface area contributed by atoms with Crippen molar-refractivity contribution in [3.05, 3.63) is 24.2 Å². The number of aliphatic imine (C=N–C) groups is 1. The molecule has 4 atom stereocenters. The SMILES string of the molecule is c1coc(CCNC(=NCCCOCC2CCOC2)NC2CC3CCC2C3)c1. The quantitative estimate of drug-likeness (QED) is 0.366. The van der Waals surface area contributed by atoms with Gasteiger partial charge in [0.15, 0.2) is 5.96 Å². The summed E-state index contributed by atoms with van der Waals surface area (Å²) in [4.78, 5) is 4.82. The molecule has 156 valence electrons. The topological polar surface area (TPSA) is 68.0 Å². The van der Waals surface area contributed by atoms with E-state index in [-0.39, 0.29) is 0 Å². The summed E-state index contributed by atoms with van der Waals surface area (Å²) in [5.41, 5.74) is 0. The number of nitrogens with one attached hydrogen (secondary N) is 2. The van der Waals surface area contributed by atoms with E-state index in [4.69, 9.17) is 18.9 Å². The Morgan fingerprint density at radius 3 is 3.00 bits per heavy atom. The standard InChI is InChI=1S/C22H35N3O3/c1-3-20(28-11-1)6-9-24-22(25-21-14-17-4-5-19(21)13-17)23-8-2-10-26-15-18-7-12-27-16-18/h1,3,11,17-19,21H,2,4-10,12-16H2,(H2,23,24,25). The number of hydrogen-bond acceptors (Lipinski definition) is 4. The monoisotopic (exact) mass is 389 g/mol. The first-order chi connectivity index (χ1) is 13.9. The highest BCUT2D eigenvalue weighted by Crippen LogP contribution is 2.44. The van der Waals surface area contributed by atoms with Crippen molar-refractivity contribution in [1.82, 2.24) is 10.6 Å². The molecule has 4 unspecified atom stereocenters. The van der Waals surface area contributed by atoms with Gasteiger partial charge in [-0.15, -0.1) is 0 Å². The van der Waals surface area contributed by atoms with Gasteiger partial charge in [0.25, 0.3) is 0 Å². The molecule has 4 rings (SSSR count). The van der Waals surface area contributed by atoms with Gasteiger partial charge in [-0.05, 0) is 56.1 Å². The minimum atomic E-state index is 0.585. The summed E-state index contributed by atoms with van der Waals surface area (Å²) >= 11 is 0. The van der Waals surface area contributed by atoms with Crippen LogP contribution >= 0.6 is 0 Å². The van der Waals surface area contributed by atoms with E-state index in [1.54, 1.807) is 6.26 Å². The maximum atomic E-state index is 5.80. The summed E-state index contributed by atoms with van der Waals surface area (Å²) in [5.74, 6) is 4.31. The summed E-state index contributed by atoms with van der Waals surface area (Å²) in [6.45, 7) is 4.96. The molecule has 1 aromatic heterocycles. The van der Waals surface area contributed by atoms with E-state index >= 15 is 0 Å². The number of guanidine groups is 1. The molecule has 6 heteroatoms. The molecule has 3 fully saturated rings. The zero-order valence-electron chi connectivity index (χ0n) is 16.9. The minimum absolute atomic E-state index is 0.585. The van der Waals surface area contributed by atoms with Gasteiger partial charge in [-0.3, -0.25) is 4.99 Å². The van der Waals surface area contributed by atoms with Gasteiger partial charge in [-0.1, -0.05) is 6.42 Å². The number of rotatable bonds is 10. The van der Waals surface area contributed by atoms with E-state index in [9.17, 15) is 0 Å². The lowest BCUT2D eigenvalue weighted by Gasteiger charge is -2.25. The minimum Gasteiger partial charge on any atom is -0.469 e. The molecule has 2 N–H and O–H groups in total. The van der Waals surface area contributed by atoms with E-state index in [1.165, 1.54) is 25.7 Å². The smallest absolute Gasteiger partial charge is 0.191 e. The lowest BCUT2D eigenvalue weighted by Crippen LogP contribution is -2.46. The van der Waals surface area contributed by atoms with E-state index in [1.807, 2.05) is 12.1 Å². The molecule has 0 amide bonds. The zero-order valence-corrected chi connectivity index (χ0v) is 16.9. The molecule has 2 bridgehead atoms. The Morgan fingerprint density at radius 1 is 1.25 bits per heavy atom. The predicted octanol–water partition coefficient (Wildman–Crippen LogP) is 2.99. The third kappa shape index (κ3) is 5.74.